The van der Waals surface area contributed by atoms with Gasteiger partial charge in [-0.15, -0.1) is 0 Å². The van der Waals surface area contributed by atoms with E-state index in [4.69, 9.17) is 16.3 Å². The summed E-state index contributed by atoms with van der Waals surface area (Å²) in [4.78, 5) is 13.0. The van der Waals surface area contributed by atoms with Crippen LogP contribution in [0.1, 0.15) is 23.9 Å². The number of hydrogen-bond acceptors (Lipinski definition) is 3. The first kappa shape index (κ1) is 20.0. The Labute approximate surface area is 180 Å². The maximum Gasteiger partial charge on any atom is 0.280 e. The monoisotopic (exact) mass is 419 g/mol. The maximum atomic E-state index is 13.0. The first-order valence-corrected chi connectivity index (χ1v) is 9.98. The molecule has 1 aliphatic rings. The molecular formula is C24H22ClN3O2. The summed E-state index contributed by atoms with van der Waals surface area (Å²) >= 11 is 6.24. The number of para-hydroxylation sites is 1. The second-order valence-electron chi connectivity index (χ2n) is 7.17. The van der Waals surface area contributed by atoms with Crippen LogP contribution >= 0.6 is 11.6 Å². The van der Waals surface area contributed by atoms with Gasteiger partial charge in [0.25, 0.3) is 5.91 Å². The van der Waals surface area contributed by atoms with Gasteiger partial charge in [0.15, 0.2) is 0 Å². The quantitative estimate of drug-likeness (QED) is 0.519. The topological polar surface area (TPSA) is 46.8 Å². The largest absolute Gasteiger partial charge is 0.495 e. The maximum absolute atomic E-state index is 13.0. The van der Waals surface area contributed by atoms with Crippen LogP contribution in [-0.4, -0.2) is 23.3 Å². The molecule has 0 radical (unpaired) electrons. The molecule has 0 saturated heterocycles. The number of hydrazone groups is 1. The number of nitrogens with zero attached hydrogens (tertiary/aromatic N) is 3. The highest BCUT2D eigenvalue weighted by Crippen LogP contribution is 2.32. The van der Waals surface area contributed by atoms with Crippen molar-refractivity contribution in [2.45, 2.75) is 20.8 Å². The van der Waals surface area contributed by atoms with Crippen molar-refractivity contribution < 1.29 is 9.53 Å². The van der Waals surface area contributed by atoms with Crippen molar-refractivity contribution in [3.8, 4) is 11.4 Å². The molecule has 2 aromatic carbocycles. The van der Waals surface area contributed by atoms with E-state index in [2.05, 4.69) is 15.7 Å². The minimum atomic E-state index is -0.135. The second kappa shape index (κ2) is 7.84. The summed E-state index contributed by atoms with van der Waals surface area (Å²) in [5, 5.41) is 6.54. The van der Waals surface area contributed by atoms with E-state index in [9.17, 15) is 4.79 Å². The van der Waals surface area contributed by atoms with Gasteiger partial charge in [0.1, 0.15) is 5.75 Å². The fraction of sp³-hybridized carbons (Fsp3) is 0.167. The van der Waals surface area contributed by atoms with Crippen molar-refractivity contribution in [2.75, 3.05) is 12.1 Å². The molecule has 0 fully saturated rings. The van der Waals surface area contributed by atoms with Gasteiger partial charge in [0, 0.05) is 16.4 Å². The highest BCUT2D eigenvalue weighted by Gasteiger charge is 2.29. The predicted molar refractivity (Wildman–Crippen MR) is 122 cm³/mol. The lowest BCUT2D eigenvalue weighted by Gasteiger charge is -2.14. The number of ether oxygens (including phenoxy) is 1. The predicted octanol–water partition coefficient (Wildman–Crippen LogP) is 5.56. The first-order valence-electron chi connectivity index (χ1n) is 9.60. The molecule has 0 aliphatic carbocycles. The van der Waals surface area contributed by atoms with E-state index in [0.29, 0.717) is 16.3 Å². The van der Waals surface area contributed by atoms with Crippen LogP contribution in [0.4, 0.5) is 5.69 Å². The van der Waals surface area contributed by atoms with Crippen molar-refractivity contribution in [1.29, 1.82) is 0 Å². The van der Waals surface area contributed by atoms with E-state index in [0.717, 1.165) is 34.1 Å². The Bertz CT molecular complexity index is 1190. The highest BCUT2D eigenvalue weighted by atomic mass is 35.5. The Morgan fingerprint density at radius 1 is 1.03 bits per heavy atom. The molecule has 0 saturated carbocycles. The van der Waals surface area contributed by atoms with Gasteiger partial charge in [0.05, 0.1) is 29.8 Å². The molecule has 5 nitrogen and oxygen atoms in total. The third-order valence-electron chi connectivity index (χ3n) is 5.22. The molecule has 152 valence electrons. The standard InChI is InChI=1S/C24H22ClN3O2/c1-15-12-18(17(3)27(15)22-14-19(25)10-11-23(22)30-4)13-21-16(2)26-28(24(21)29)20-8-6-5-7-9-20/h5-14H,1-4H3. The number of anilines is 1. The lowest BCUT2D eigenvalue weighted by atomic mass is 10.1. The molecule has 1 aromatic heterocycles. The lowest BCUT2D eigenvalue weighted by molar-refractivity contribution is -0.114. The van der Waals surface area contributed by atoms with E-state index in [1.165, 1.54) is 5.01 Å². The normalized spacial score (nSPS) is 15.1. The highest BCUT2D eigenvalue weighted by molar-refractivity contribution is 6.32. The van der Waals surface area contributed by atoms with Gasteiger partial charge < -0.3 is 9.30 Å². The SMILES string of the molecule is COc1ccc(Cl)cc1-n1c(C)cc(C=C2C(=O)N(c3ccccc3)N=C2C)c1C. The van der Waals surface area contributed by atoms with E-state index in [1.807, 2.05) is 69.3 Å². The Kier molecular flexibility index (Phi) is 5.22. The molecule has 6 heteroatoms. The second-order valence-corrected chi connectivity index (χ2v) is 7.61. The summed E-state index contributed by atoms with van der Waals surface area (Å²) in [5.41, 5.74) is 5.82. The summed E-state index contributed by atoms with van der Waals surface area (Å²) < 4.78 is 7.61. The Balaban J connectivity index is 1.76. The number of amides is 1. The number of rotatable bonds is 4. The zero-order valence-electron chi connectivity index (χ0n) is 17.3. The summed E-state index contributed by atoms with van der Waals surface area (Å²) in [6.07, 6.45) is 1.90. The number of hydrogen-bond donors (Lipinski definition) is 0. The molecule has 4 rings (SSSR count). The number of aromatic nitrogens is 1. The van der Waals surface area contributed by atoms with Crippen LogP contribution in [0.5, 0.6) is 5.75 Å². The first-order chi connectivity index (χ1) is 14.4. The average molecular weight is 420 g/mol. The average Bonchev–Trinajstić information content (AvgIpc) is 3.18. The van der Waals surface area contributed by atoms with Crippen molar-refractivity contribution in [2.24, 2.45) is 5.10 Å². The van der Waals surface area contributed by atoms with E-state index >= 15 is 0 Å². The summed E-state index contributed by atoms with van der Waals surface area (Å²) in [6.45, 7) is 5.88. The van der Waals surface area contributed by atoms with Crippen LogP contribution < -0.4 is 9.75 Å². The van der Waals surface area contributed by atoms with Crippen molar-refractivity contribution in [3.63, 3.8) is 0 Å². The smallest absolute Gasteiger partial charge is 0.280 e. The summed E-state index contributed by atoms with van der Waals surface area (Å²) in [7, 11) is 1.64. The molecule has 0 unspecified atom stereocenters. The third-order valence-corrected chi connectivity index (χ3v) is 5.45. The zero-order valence-corrected chi connectivity index (χ0v) is 18.1. The molecular weight excluding hydrogens is 398 g/mol. The van der Waals surface area contributed by atoms with Crippen molar-refractivity contribution in [3.05, 3.63) is 82.1 Å². The zero-order chi connectivity index (χ0) is 21.4. The minimum absolute atomic E-state index is 0.135. The van der Waals surface area contributed by atoms with Crippen LogP contribution in [0.3, 0.4) is 0 Å². The van der Waals surface area contributed by atoms with E-state index in [-0.39, 0.29) is 5.91 Å². The Morgan fingerprint density at radius 2 is 1.77 bits per heavy atom. The number of benzene rings is 2. The van der Waals surface area contributed by atoms with Crippen molar-refractivity contribution >= 4 is 35.0 Å². The van der Waals surface area contributed by atoms with Crippen LogP contribution in [0.2, 0.25) is 5.02 Å². The van der Waals surface area contributed by atoms with Crippen LogP contribution in [0.15, 0.2) is 65.3 Å². The molecule has 2 heterocycles. The third kappa shape index (κ3) is 3.42. The lowest BCUT2D eigenvalue weighted by Crippen LogP contribution is -2.21. The fourth-order valence-corrected chi connectivity index (χ4v) is 3.89. The van der Waals surface area contributed by atoms with Gasteiger partial charge >= 0.3 is 0 Å². The molecule has 0 atom stereocenters. The molecule has 1 amide bonds. The van der Waals surface area contributed by atoms with Crippen LogP contribution in [-0.2, 0) is 4.79 Å². The number of halogens is 1. The molecule has 1 aliphatic heterocycles. The van der Waals surface area contributed by atoms with Gasteiger partial charge in [-0.1, -0.05) is 29.8 Å². The Hall–Kier alpha value is -3.31. The number of carbonyl (C=O) groups is 1. The van der Waals surface area contributed by atoms with E-state index < -0.39 is 0 Å². The van der Waals surface area contributed by atoms with E-state index in [1.54, 1.807) is 13.2 Å². The number of methoxy groups -OCH3 is 1. The molecule has 0 spiro atoms. The van der Waals surface area contributed by atoms with Gasteiger partial charge in [-0.3, -0.25) is 4.79 Å². The van der Waals surface area contributed by atoms with Crippen molar-refractivity contribution in [1.82, 2.24) is 4.57 Å². The number of carbonyl (C=O) groups excluding carboxylic acids is 1. The Morgan fingerprint density at radius 3 is 2.47 bits per heavy atom. The van der Waals surface area contributed by atoms with Gasteiger partial charge in [-0.25, -0.2) is 0 Å². The number of aryl methyl sites for hydroxylation is 1. The molecule has 0 bridgehead atoms. The summed E-state index contributed by atoms with van der Waals surface area (Å²) in [6, 6.07) is 17.0. The van der Waals surface area contributed by atoms with Crippen LogP contribution in [0, 0.1) is 13.8 Å². The van der Waals surface area contributed by atoms with Gasteiger partial charge in [-0.05, 0) is 68.8 Å². The van der Waals surface area contributed by atoms with Gasteiger partial charge in [-0.2, -0.15) is 10.1 Å². The van der Waals surface area contributed by atoms with Crippen LogP contribution in [0.25, 0.3) is 11.8 Å². The minimum Gasteiger partial charge on any atom is -0.495 e. The molecule has 0 N–H and O–H groups in total. The molecule has 30 heavy (non-hydrogen) atoms. The summed E-state index contributed by atoms with van der Waals surface area (Å²) in [5.74, 6) is 0.592. The molecule has 3 aromatic rings. The van der Waals surface area contributed by atoms with Gasteiger partial charge in [0.2, 0.25) is 0 Å². The fourth-order valence-electron chi connectivity index (χ4n) is 3.73.